The second-order valence-electron chi connectivity index (χ2n) is 8.53. The molecule has 2 rings (SSSR count). The van der Waals surface area contributed by atoms with E-state index in [0.29, 0.717) is 0 Å². The van der Waals surface area contributed by atoms with Gasteiger partial charge in [0, 0.05) is 6.26 Å². The van der Waals surface area contributed by atoms with E-state index in [4.69, 9.17) is 21.3 Å². The van der Waals surface area contributed by atoms with E-state index < -0.39 is 67.5 Å². The van der Waals surface area contributed by atoms with Gasteiger partial charge in [-0.15, -0.1) is 6.58 Å². The van der Waals surface area contributed by atoms with Crippen molar-refractivity contribution in [3.8, 4) is 6.01 Å². The molecule has 0 bridgehead atoms. The normalized spacial score (nSPS) is 9.43. The number of anilines is 4. The van der Waals surface area contributed by atoms with E-state index in [2.05, 4.69) is 78.9 Å². The SMILES string of the molecule is C.C=CCO.C=CCOc1nc(N)c([N+](=O)[O-])c(NC(=O)OCC)n1.CCN(CC)CC.CCOC(=O)Nc1nc(S(C)=O)nc(N)c1[N+](=O)[O-].[H-].[K+].[K][K].[K][K]. The van der Waals surface area contributed by atoms with Gasteiger partial charge in [-0.05, 0) is 33.5 Å². The fraction of sp³-hybridized carbons (Fsp3) is 0.500. The summed E-state index contributed by atoms with van der Waals surface area (Å²) in [5.41, 5.74) is 9.53. The van der Waals surface area contributed by atoms with Crippen molar-refractivity contribution in [2.24, 2.45) is 0 Å². The van der Waals surface area contributed by atoms with Gasteiger partial charge in [-0.1, -0.05) is 46.9 Å². The third kappa shape index (κ3) is 34.2. The molecule has 0 aliphatic heterocycles. The molecule has 1 atom stereocenters. The summed E-state index contributed by atoms with van der Waals surface area (Å²) in [7, 11) is -1.61. The zero-order valence-corrected chi connectivity index (χ0v) is 50.2. The third-order valence-electron chi connectivity index (χ3n) is 5.20. The van der Waals surface area contributed by atoms with E-state index in [0.717, 1.165) is 0 Å². The van der Waals surface area contributed by atoms with E-state index in [-0.39, 0.29) is 97.8 Å². The number of nitro groups is 2. The average molecular weight is 944 g/mol. The molecule has 7 N–H and O–H groups in total. The van der Waals surface area contributed by atoms with Crippen LogP contribution in [0.4, 0.5) is 44.2 Å². The quantitative estimate of drug-likeness (QED) is 0.0505. The Hall–Kier alpha value is 2.63. The summed E-state index contributed by atoms with van der Waals surface area (Å²) in [6.07, 6.45) is 2.30. The predicted octanol–water partition coefficient (Wildman–Crippen LogP) is -0.885. The van der Waals surface area contributed by atoms with Gasteiger partial charge >= 0.3 is 207 Å². The minimum atomic E-state index is -1.61. The molecule has 0 spiro atoms. The van der Waals surface area contributed by atoms with Crippen LogP contribution in [0.5, 0.6) is 6.01 Å². The molecule has 294 valence electrons. The summed E-state index contributed by atoms with van der Waals surface area (Å²) >= 11 is 5.00. The van der Waals surface area contributed by atoms with Crippen LogP contribution < -0.4 is 78.2 Å². The summed E-state index contributed by atoms with van der Waals surface area (Å²) in [4.78, 5) is 59.5. The zero-order chi connectivity index (χ0) is 42.8. The molecular weight excluding hydrogens is 894 g/mol. The number of carbonyl (C=O) groups is 2. The van der Waals surface area contributed by atoms with Gasteiger partial charge < -0.3 is 37.1 Å². The molecule has 1 unspecified atom stereocenters. The summed E-state index contributed by atoms with van der Waals surface area (Å²) in [6, 6.07) is -0.222. The molecule has 28 heteroatoms. The van der Waals surface area contributed by atoms with Crippen LogP contribution in [0.2, 0.25) is 0 Å². The van der Waals surface area contributed by atoms with Crippen LogP contribution >= 0.6 is 0 Å². The fourth-order valence-electron chi connectivity index (χ4n) is 2.96. The summed E-state index contributed by atoms with van der Waals surface area (Å²) < 4.78 is 25.5. The van der Waals surface area contributed by atoms with Gasteiger partial charge in [0.05, 0.1) is 40.5 Å². The monoisotopic (exact) mass is 943 g/mol. The number of nitrogens with one attached hydrogen (secondary N) is 2. The van der Waals surface area contributed by atoms with E-state index in [1.165, 1.54) is 164 Å². The molecule has 2 amide bonds. The molecule has 0 aromatic carbocycles. The number of aliphatic hydroxyl groups excluding tert-OH is 1. The Morgan fingerprint density at radius 1 is 0.857 bits per heavy atom. The van der Waals surface area contributed by atoms with Crippen molar-refractivity contribution in [3.05, 3.63) is 45.5 Å². The number of rotatable bonds is 14. The Bertz CT molecular complexity index is 1470. The summed E-state index contributed by atoms with van der Waals surface area (Å²) in [5, 5.41) is 33.4. The number of hydrogen-bond donors (Lipinski definition) is 5. The van der Waals surface area contributed by atoms with E-state index in [1.54, 1.807) is 13.8 Å². The van der Waals surface area contributed by atoms with Gasteiger partial charge in [0.15, 0.2) is 0 Å². The first-order valence-electron chi connectivity index (χ1n) is 16.6. The van der Waals surface area contributed by atoms with Crippen LogP contribution in [0.1, 0.15) is 43.5 Å². The minimum absolute atomic E-state index is 0. The van der Waals surface area contributed by atoms with Crippen molar-refractivity contribution in [2.45, 2.75) is 47.2 Å². The fourth-order valence-corrected chi connectivity index (χ4v) is 3.41. The van der Waals surface area contributed by atoms with Gasteiger partial charge in [-0.3, -0.25) is 35.1 Å². The van der Waals surface area contributed by atoms with Crippen LogP contribution in [0.3, 0.4) is 0 Å². The molecule has 2 aromatic heterocycles. The number of nitrogens with zero attached hydrogens (tertiary/aromatic N) is 7. The van der Waals surface area contributed by atoms with E-state index >= 15 is 0 Å². The number of nitrogen functional groups attached to an aromatic ring is 2. The zero-order valence-electron chi connectivity index (χ0n) is 34.7. The number of nitrogens with two attached hydrogens (primary N) is 2. The van der Waals surface area contributed by atoms with Gasteiger partial charge in [-0.2, -0.15) is 19.9 Å². The number of hydrogen-bond acceptors (Lipinski definition) is 18. The Balaban J connectivity index is -0.000000125. The number of aliphatic hydroxyl groups is 1. The predicted molar refractivity (Wildman–Crippen MR) is 217 cm³/mol. The standard InChI is InChI=1S/C10H13N5O5.C8H11N5O5S.C6H15N.C3H6O.CH4.5K.H/c1-3-5-20-9-12-7(11)6(15(17)18)8(13-9)14-10(16)19-4-2;1-3-18-8(14)12-6-4(13(15)16)5(9)10-7(11-6)19(2)17;1-4-7(5-2)6-3;1-2-3-4;;;;;;;/h3H,1,4-5H2,2H3,(H3,11,12,13,14,16);3H2,1-2H3,(H3,9,10,11,12,14);4-6H2,1-3H3;2,4H,1,3H2;1H4;;;;;;/q;;;;;;;;;+1;-1. The second-order valence-corrected chi connectivity index (χ2v) is 9.80. The van der Waals surface area contributed by atoms with Crippen molar-refractivity contribution in [2.75, 3.05) is 74.4 Å². The first kappa shape index (κ1) is 70.3. The third-order valence-corrected chi connectivity index (χ3v) is 5.89. The van der Waals surface area contributed by atoms with Crippen molar-refractivity contribution in [3.63, 3.8) is 0 Å². The molecule has 0 aliphatic carbocycles. The van der Waals surface area contributed by atoms with Crippen LogP contribution in [-0.4, -0.2) is 235 Å². The van der Waals surface area contributed by atoms with Crippen molar-refractivity contribution < 1.29 is 95.8 Å². The van der Waals surface area contributed by atoms with Gasteiger partial charge in [0.25, 0.3) is 0 Å². The summed E-state index contributed by atoms with van der Waals surface area (Å²) in [5.74, 6) is -1.78. The number of amides is 2. The van der Waals surface area contributed by atoms with Gasteiger partial charge in [0.1, 0.15) is 6.61 Å². The number of carbonyl (C=O) groups excluding carboxylic acids is 2. The summed E-state index contributed by atoms with van der Waals surface area (Å²) in [6.45, 7) is 20.3. The Labute approximate surface area is 465 Å². The maximum atomic E-state index is 11.3. The first-order valence-corrected chi connectivity index (χ1v) is 50.2. The molecule has 0 aliphatic rings. The number of ether oxygens (including phenoxy) is 3. The van der Waals surface area contributed by atoms with Crippen LogP contribution in [-0.2, 0) is 20.3 Å². The van der Waals surface area contributed by atoms with Crippen molar-refractivity contribution in [1.82, 2.24) is 24.8 Å². The van der Waals surface area contributed by atoms with Crippen LogP contribution in [0.15, 0.2) is 30.5 Å². The van der Waals surface area contributed by atoms with Crippen molar-refractivity contribution in [1.29, 1.82) is 0 Å². The Morgan fingerprint density at radius 3 is 1.52 bits per heavy atom. The first-order chi connectivity index (χ1) is 25.6. The maximum absolute atomic E-state index is 11.3. The molecule has 22 nitrogen and oxygen atoms in total. The molecule has 0 saturated heterocycles. The molecule has 0 fully saturated rings. The van der Waals surface area contributed by atoms with Gasteiger partial charge in [0.2, 0.25) is 28.4 Å². The van der Waals surface area contributed by atoms with Crippen molar-refractivity contribution >= 4 is 184 Å². The molecule has 2 heterocycles. The molecule has 0 saturated carbocycles. The molecule has 2 aromatic rings. The topological polar surface area (TPSA) is 316 Å². The molecule has 0 radical (unpaired) electrons. The Morgan fingerprint density at radius 2 is 1.23 bits per heavy atom. The van der Waals surface area contributed by atoms with Crippen LogP contribution in [0, 0.1) is 20.2 Å². The average Bonchev–Trinajstić information content (AvgIpc) is 3.13. The number of aromatic nitrogens is 4. The molecular formula is C28H50K5N11O11S. The van der Waals surface area contributed by atoms with Gasteiger partial charge in [-0.25, -0.2) is 9.59 Å². The van der Waals surface area contributed by atoms with E-state index in [1.807, 2.05) is 0 Å². The molecule has 56 heavy (non-hydrogen) atoms. The van der Waals surface area contributed by atoms with E-state index in [9.17, 15) is 34.0 Å². The second kappa shape index (κ2) is 47.1. The van der Waals surface area contributed by atoms with Crippen LogP contribution in [0.25, 0.3) is 0 Å². The Kier molecular flexibility index (Phi) is 59.2.